The number of halogens is 1. The van der Waals surface area contributed by atoms with E-state index in [-0.39, 0.29) is 10.7 Å². The molecule has 0 amide bonds. The third-order valence-corrected chi connectivity index (χ3v) is 5.98. The minimum atomic E-state index is -3.73. The molecule has 2 aromatic carbocycles. The quantitative estimate of drug-likeness (QED) is 0.717. The zero-order chi connectivity index (χ0) is 19.8. The van der Waals surface area contributed by atoms with Gasteiger partial charge in [-0.1, -0.05) is 18.2 Å². The van der Waals surface area contributed by atoms with Gasteiger partial charge in [-0.2, -0.15) is 5.10 Å². The highest BCUT2D eigenvalue weighted by Crippen LogP contribution is 2.25. The lowest BCUT2D eigenvalue weighted by Crippen LogP contribution is -2.14. The molecule has 1 heterocycles. The van der Waals surface area contributed by atoms with E-state index in [1.54, 1.807) is 48.9 Å². The summed E-state index contributed by atoms with van der Waals surface area (Å²) in [5.41, 5.74) is 4.38. The number of rotatable bonds is 5. The van der Waals surface area contributed by atoms with E-state index in [4.69, 9.17) is 0 Å². The maximum absolute atomic E-state index is 13.4. The third-order valence-electron chi connectivity index (χ3n) is 4.63. The van der Waals surface area contributed by atoms with Crippen LogP contribution in [0.5, 0.6) is 0 Å². The van der Waals surface area contributed by atoms with Gasteiger partial charge in [0.25, 0.3) is 10.0 Å². The molecule has 0 radical (unpaired) electrons. The van der Waals surface area contributed by atoms with Gasteiger partial charge in [0, 0.05) is 0 Å². The molecule has 0 aliphatic carbocycles. The Hall–Kier alpha value is -2.67. The molecule has 7 heteroatoms. The van der Waals surface area contributed by atoms with E-state index in [1.807, 2.05) is 13.8 Å². The highest BCUT2D eigenvalue weighted by Gasteiger charge is 2.20. The normalized spacial score (nSPS) is 11.6. The van der Waals surface area contributed by atoms with E-state index in [0.717, 1.165) is 16.7 Å². The van der Waals surface area contributed by atoms with Crippen LogP contribution in [0.3, 0.4) is 0 Å². The first-order valence-corrected chi connectivity index (χ1v) is 10.0. The van der Waals surface area contributed by atoms with Crippen molar-refractivity contribution in [2.24, 2.45) is 0 Å². The van der Waals surface area contributed by atoms with Crippen LogP contribution in [-0.2, 0) is 16.6 Å². The average molecular weight is 387 g/mol. The lowest BCUT2D eigenvalue weighted by atomic mass is 10.1. The van der Waals surface area contributed by atoms with Crippen LogP contribution in [0.4, 0.5) is 10.1 Å². The first-order chi connectivity index (χ1) is 12.7. The van der Waals surface area contributed by atoms with Gasteiger partial charge in [-0.25, -0.2) is 12.8 Å². The molecule has 0 aliphatic rings. The Morgan fingerprint density at radius 1 is 1.04 bits per heavy atom. The molecule has 142 valence electrons. The summed E-state index contributed by atoms with van der Waals surface area (Å²) in [6, 6.07) is 11.3. The highest BCUT2D eigenvalue weighted by molar-refractivity contribution is 7.92. The maximum Gasteiger partial charge on any atom is 0.262 e. The first kappa shape index (κ1) is 19.1. The number of nitrogens with zero attached hydrogens (tertiary/aromatic N) is 2. The Labute approximate surface area is 158 Å². The molecule has 3 rings (SSSR count). The van der Waals surface area contributed by atoms with E-state index in [2.05, 4.69) is 9.82 Å². The summed E-state index contributed by atoms with van der Waals surface area (Å²) >= 11 is 0. The van der Waals surface area contributed by atoms with Crippen molar-refractivity contribution in [2.45, 2.75) is 39.1 Å². The van der Waals surface area contributed by atoms with Gasteiger partial charge < -0.3 is 0 Å². The Kier molecular flexibility index (Phi) is 5.06. The summed E-state index contributed by atoms with van der Waals surface area (Å²) in [5.74, 6) is -0.315. The SMILES string of the molecule is Cc1ccc(S(=O)(=O)Nc2c(C)nn(Cc3cccc(F)c3)c2C)cc1C. The van der Waals surface area contributed by atoms with Gasteiger partial charge in [0.05, 0.1) is 28.5 Å². The van der Waals surface area contributed by atoms with Crippen LogP contribution in [0.2, 0.25) is 0 Å². The van der Waals surface area contributed by atoms with Gasteiger partial charge >= 0.3 is 0 Å². The van der Waals surface area contributed by atoms with Crippen molar-refractivity contribution < 1.29 is 12.8 Å². The lowest BCUT2D eigenvalue weighted by molar-refractivity contribution is 0.601. The lowest BCUT2D eigenvalue weighted by Gasteiger charge is -2.11. The molecule has 5 nitrogen and oxygen atoms in total. The van der Waals surface area contributed by atoms with Gasteiger partial charge in [0.2, 0.25) is 0 Å². The first-order valence-electron chi connectivity index (χ1n) is 8.56. The summed E-state index contributed by atoms with van der Waals surface area (Å²) in [7, 11) is -3.73. The summed E-state index contributed by atoms with van der Waals surface area (Å²) in [6.07, 6.45) is 0. The Balaban J connectivity index is 1.91. The second-order valence-corrected chi connectivity index (χ2v) is 8.37. The van der Waals surface area contributed by atoms with Crippen molar-refractivity contribution in [1.82, 2.24) is 9.78 Å². The van der Waals surface area contributed by atoms with Gasteiger partial charge in [-0.05, 0) is 68.7 Å². The fourth-order valence-corrected chi connectivity index (χ4v) is 4.14. The van der Waals surface area contributed by atoms with Gasteiger partial charge in [-0.3, -0.25) is 9.40 Å². The molecule has 27 heavy (non-hydrogen) atoms. The smallest absolute Gasteiger partial charge is 0.262 e. The summed E-state index contributed by atoms with van der Waals surface area (Å²) in [6.45, 7) is 7.70. The van der Waals surface area contributed by atoms with Gasteiger partial charge in [-0.15, -0.1) is 0 Å². The fraction of sp³-hybridized carbons (Fsp3) is 0.250. The van der Waals surface area contributed by atoms with Crippen LogP contribution in [0.25, 0.3) is 0 Å². The van der Waals surface area contributed by atoms with Crippen LogP contribution >= 0.6 is 0 Å². The van der Waals surface area contributed by atoms with E-state index < -0.39 is 10.0 Å². The molecule has 0 fully saturated rings. The standard InChI is InChI=1S/C20H22FN3O2S/c1-13-8-9-19(10-14(13)2)27(25,26)23-20-15(3)22-24(16(20)4)12-17-6-5-7-18(21)11-17/h5-11,23H,12H2,1-4H3. The maximum atomic E-state index is 13.4. The fourth-order valence-electron chi connectivity index (χ4n) is 2.88. The van der Waals surface area contributed by atoms with E-state index in [1.165, 1.54) is 12.1 Å². The van der Waals surface area contributed by atoms with Crippen molar-refractivity contribution in [1.29, 1.82) is 0 Å². The Bertz CT molecular complexity index is 1100. The Morgan fingerprint density at radius 3 is 2.44 bits per heavy atom. The predicted molar refractivity (Wildman–Crippen MR) is 104 cm³/mol. The topological polar surface area (TPSA) is 64.0 Å². The minimum absolute atomic E-state index is 0.210. The zero-order valence-electron chi connectivity index (χ0n) is 15.7. The van der Waals surface area contributed by atoms with Crippen LogP contribution in [0.1, 0.15) is 28.1 Å². The number of anilines is 1. The van der Waals surface area contributed by atoms with Crippen molar-refractivity contribution in [3.8, 4) is 0 Å². The number of benzene rings is 2. The number of aromatic nitrogens is 2. The number of hydrogen-bond donors (Lipinski definition) is 1. The molecule has 0 aliphatic heterocycles. The minimum Gasteiger partial charge on any atom is -0.276 e. The largest absolute Gasteiger partial charge is 0.276 e. The Morgan fingerprint density at radius 2 is 1.78 bits per heavy atom. The third kappa shape index (κ3) is 4.03. The molecule has 1 N–H and O–H groups in total. The van der Waals surface area contributed by atoms with Crippen LogP contribution in [0, 0.1) is 33.5 Å². The number of aryl methyl sites for hydroxylation is 3. The molecule has 0 saturated heterocycles. The summed E-state index contributed by atoms with van der Waals surface area (Å²) in [5, 5.41) is 4.41. The summed E-state index contributed by atoms with van der Waals surface area (Å²) in [4.78, 5) is 0.210. The molecule has 0 bridgehead atoms. The average Bonchev–Trinajstić information content (AvgIpc) is 2.84. The predicted octanol–water partition coefficient (Wildman–Crippen LogP) is 4.10. The molecule has 1 aromatic heterocycles. The van der Waals surface area contributed by atoms with Crippen molar-refractivity contribution in [2.75, 3.05) is 4.72 Å². The van der Waals surface area contributed by atoms with E-state index in [0.29, 0.717) is 23.6 Å². The molecular weight excluding hydrogens is 365 g/mol. The van der Waals surface area contributed by atoms with Crippen molar-refractivity contribution in [3.05, 3.63) is 76.4 Å². The molecule has 0 spiro atoms. The number of sulfonamides is 1. The van der Waals surface area contributed by atoms with Gasteiger partial charge in [0.1, 0.15) is 5.82 Å². The second kappa shape index (κ2) is 7.15. The van der Waals surface area contributed by atoms with Crippen LogP contribution in [0.15, 0.2) is 47.4 Å². The monoisotopic (exact) mass is 387 g/mol. The zero-order valence-corrected chi connectivity index (χ0v) is 16.6. The summed E-state index contributed by atoms with van der Waals surface area (Å²) < 4.78 is 43.3. The molecule has 3 aromatic rings. The van der Waals surface area contributed by atoms with E-state index in [9.17, 15) is 12.8 Å². The van der Waals surface area contributed by atoms with Crippen LogP contribution < -0.4 is 4.72 Å². The number of nitrogens with one attached hydrogen (secondary N) is 1. The highest BCUT2D eigenvalue weighted by atomic mass is 32.2. The molecule has 0 saturated carbocycles. The van der Waals surface area contributed by atoms with E-state index >= 15 is 0 Å². The van der Waals surface area contributed by atoms with Crippen molar-refractivity contribution >= 4 is 15.7 Å². The molecular formula is C20H22FN3O2S. The van der Waals surface area contributed by atoms with Gasteiger partial charge in [0.15, 0.2) is 0 Å². The number of hydrogen-bond acceptors (Lipinski definition) is 3. The molecule has 0 atom stereocenters. The molecule has 0 unspecified atom stereocenters. The van der Waals surface area contributed by atoms with Crippen LogP contribution in [-0.4, -0.2) is 18.2 Å². The second-order valence-electron chi connectivity index (χ2n) is 6.68. The van der Waals surface area contributed by atoms with Crippen molar-refractivity contribution in [3.63, 3.8) is 0 Å².